The molecule has 2 aromatic rings. The Morgan fingerprint density at radius 2 is 2.00 bits per heavy atom. The molecule has 158 valence electrons. The lowest BCUT2D eigenvalue weighted by atomic mass is 9.80. The predicted molar refractivity (Wildman–Crippen MR) is 104 cm³/mol. The number of hydrogen-bond donors (Lipinski definition) is 2. The lowest BCUT2D eigenvalue weighted by molar-refractivity contribution is -0.198. The Hall–Kier alpha value is -1.85. The van der Waals surface area contributed by atoms with Crippen LogP contribution in [-0.4, -0.2) is 79.9 Å². The van der Waals surface area contributed by atoms with Crippen LogP contribution in [0.3, 0.4) is 0 Å². The summed E-state index contributed by atoms with van der Waals surface area (Å²) in [5, 5.41) is 9.29. The fourth-order valence-corrected chi connectivity index (χ4v) is 4.73. The van der Waals surface area contributed by atoms with E-state index in [0.29, 0.717) is 28.9 Å². The highest BCUT2D eigenvalue weighted by Crippen LogP contribution is 2.44. The molecule has 0 bridgehead atoms. The number of fused-ring (bicyclic) bond motifs is 2. The molecular formula is C19H28N6O4. The van der Waals surface area contributed by atoms with E-state index in [1.807, 2.05) is 18.4 Å². The van der Waals surface area contributed by atoms with E-state index in [9.17, 15) is 5.11 Å². The first-order valence-corrected chi connectivity index (χ1v) is 10.1. The van der Waals surface area contributed by atoms with Gasteiger partial charge in [-0.2, -0.15) is 0 Å². The molecule has 2 saturated heterocycles. The van der Waals surface area contributed by atoms with Crippen LogP contribution in [0.15, 0.2) is 12.7 Å². The van der Waals surface area contributed by atoms with Crippen LogP contribution < -0.4 is 5.73 Å². The highest BCUT2D eigenvalue weighted by atomic mass is 16.8. The van der Waals surface area contributed by atoms with E-state index in [4.69, 9.17) is 19.9 Å². The maximum Gasteiger partial charge on any atom is 0.167 e. The standard InChI is InChI=1S/C19H28N6O4/c1-19(2)28-14-12(6-24(3)11-4-10(5-11)7-26)27-18(15(14)29-19)25-9-23-13-16(20)21-8-22-17(13)25/h8-12,14-15,18,26H,4-7H2,1-3H3,(H2,20,21,22)/t10?,11?,12-,14-,15-,18-/m1/s1. The number of imidazole rings is 1. The molecule has 10 heteroatoms. The lowest BCUT2D eigenvalue weighted by Gasteiger charge is -2.41. The molecule has 4 atom stereocenters. The predicted octanol–water partition coefficient (Wildman–Crippen LogP) is 0.529. The summed E-state index contributed by atoms with van der Waals surface area (Å²) in [5.41, 5.74) is 7.11. The van der Waals surface area contributed by atoms with Gasteiger partial charge in [0, 0.05) is 19.2 Å². The zero-order valence-electron chi connectivity index (χ0n) is 16.9. The molecule has 1 aliphatic carbocycles. The van der Waals surface area contributed by atoms with Crippen molar-refractivity contribution in [3.8, 4) is 0 Å². The van der Waals surface area contributed by atoms with E-state index >= 15 is 0 Å². The maximum atomic E-state index is 9.29. The van der Waals surface area contributed by atoms with Crippen molar-refractivity contribution in [2.24, 2.45) is 5.92 Å². The number of nitrogens with zero attached hydrogens (tertiary/aromatic N) is 5. The molecule has 10 nitrogen and oxygen atoms in total. The topological polar surface area (TPSA) is 121 Å². The number of aromatic nitrogens is 4. The van der Waals surface area contributed by atoms with Crippen LogP contribution in [-0.2, 0) is 14.2 Å². The van der Waals surface area contributed by atoms with Crippen molar-refractivity contribution >= 4 is 17.0 Å². The summed E-state index contributed by atoms with van der Waals surface area (Å²) in [4.78, 5) is 15.0. The quantitative estimate of drug-likeness (QED) is 0.735. The van der Waals surface area contributed by atoms with Crippen molar-refractivity contribution in [3.05, 3.63) is 12.7 Å². The second-order valence-corrected chi connectivity index (χ2v) is 8.83. The van der Waals surface area contributed by atoms with Gasteiger partial charge in [0.25, 0.3) is 0 Å². The average molecular weight is 404 g/mol. The van der Waals surface area contributed by atoms with Crippen molar-refractivity contribution < 1.29 is 19.3 Å². The van der Waals surface area contributed by atoms with E-state index in [-0.39, 0.29) is 24.9 Å². The maximum absolute atomic E-state index is 9.29. The number of aliphatic hydroxyl groups excluding tert-OH is 1. The molecule has 3 N–H and O–H groups in total. The minimum atomic E-state index is -0.683. The highest BCUT2D eigenvalue weighted by Gasteiger charge is 2.56. The van der Waals surface area contributed by atoms with Crippen molar-refractivity contribution in [1.29, 1.82) is 0 Å². The fraction of sp³-hybridized carbons (Fsp3) is 0.737. The summed E-state index contributed by atoms with van der Waals surface area (Å²) in [6, 6.07) is 0.463. The van der Waals surface area contributed by atoms with Gasteiger partial charge in [-0.1, -0.05) is 0 Å². The van der Waals surface area contributed by atoms with Gasteiger partial charge < -0.3 is 30.0 Å². The molecule has 5 rings (SSSR count). The van der Waals surface area contributed by atoms with Gasteiger partial charge in [-0.25, -0.2) is 15.0 Å². The number of hydrogen-bond acceptors (Lipinski definition) is 9. The highest BCUT2D eigenvalue weighted by molar-refractivity contribution is 5.81. The summed E-state index contributed by atoms with van der Waals surface area (Å²) in [6.45, 7) is 4.84. The second kappa shape index (κ2) is 6.85. The van der Waals surface area contributed by atoms with E-state index in [1.54, 1.807) is 6.33 Å². The molecule has 29 heavy (non-hydrogen) atoms. The first kappa shape index (κ1) is 19.1. The molecule has 2 aliphatic heterocycles. The van der Waals surface area contributed by atoms with Gasteiger partial charge in [0.1, 0.15) is 30.2 Å². The van der Waals surface area contributed by atoms with Gasteiger partial charge in [0.15, 0.2) is 23.5 Å². The minimum Gasteiger partial charge on any atom is -0.396 e. The molecule has 0 aromatic carbocycles. The Morgan fingerprint density at radius 3 is 2.76 bits per heavy atom. The van der Waals surface area contributed by atoms with E-state index < -0.39 is 12.0 Å². The number of nitrogens with two attached hydrogens (primary N) is 1. The smallest absolute Gasteiger partial charge is 0.167 e. The van der Waals surface area contributed by atoms with Crippen LogP contribution >= 0.6 is 0 Å². The number of ether oxygens (including phenoxy) is 3. The van der Waals surface area contributed by atoms with Crippen LogP contribution in [0.25, 0.3) is 11.2 Å². The summed E-state index contributed by atoms with van der Waals surface area (Å²) in [5.74, 6) is 0.0728. The largest absolute Gasteiger partial charge is 0.396 e. The average Bonchev–Trinajstić information content (AvgIpc) is 3.27. The number of anilines is 1. The molecule has 4 heterocycles. The van der Waals surface area contributed by atoms with Crippen molar-refractivity contribution in [1.82, 2.24) is 24.4 Å². The molecule has 1 saturated carbocycles. The van der Waals surface area contributed by atoms with Crippen LogP contribution in [0.2, 0.25) is 0 Å². The summed E-state index contributed by atoms with van der Waals surface area (Å²) in [7, 11) is 2.10. The van der Waals surface area contributed by atoms with E-state index in [2.05, 4.69) is 26.9 Å². The molecule has 0 radical (unpaired) electrons. The normalized spacial score (nSPS) is 35.9. The molecule has 3 fully saturated rings. The monoisotopic (exact) mass is 404 g/mol. The molecule has 0 unspecified atom stereocenters. The number of rotatable bonds is 5. The Balaban J connectivity index is 1.39. The SMILES string of the molecule is CN(C[C@H]1O[C@@H](n2cnc3c(N)ncnc32)[C@@H]2OC(C)(C)O[C@@H]21)C1CC(CO)C1. The van der Waals surface area contributed by atoms with Crippen LogP contribution in [0.5, 0.6) is 0 Å². The van der Waals surface area contributed by atoms with Gasteiger partial charge >= 0.3 is 0 Å². The first-order valence-electron chi connectivity index (χ1n) is 10.1. The van der Waals surface area contributed by atoms with Crippen LogP contribution in [0.1, 0.15) is 32.9 Å². The Bertz CT molecular complexity index is 898. The van der Waals surface area contributed by atoms with Gasteiger partial charge in [-0.3, -0.25) is 4.57 Å². The molecule has 0 spiro atoms. The third-order valence-corrected chi connectivity index (χ3v) is 6.35. The van der Waals surface area contributed by atoms with Crippen LogP contribution in [0.4, 0.5) is 5.82 Å². The number of aliphatic hydroxyl groups is 1. The van der Waals surface area contributed by atoms with Gasteiger partial charge in [0.2, 0.25) is 0 Å². The van der Waals surface area contributed by atoms with Crippen LogP contribution in [0, 0.1) is 5.92 Å². The zero-order chi connectivity index (χ0) is 20.3. The zero-order valence-corrected chi connectivity index (χ0v) is 16.9. The van der Waals surface area contributed by atoms with Crippen molar-refractivity contribution in [2.75, 3.05) is 25.9 Å². The Morgan fingerprint density at radius 1 is 1.24 bits per heavy atom. The van der Waals surface area contributed by atoms with Gasteiger partial charge in [-0.05, 0) is 39.7 Å². The second-order valence-electron chi connectivity index (χ2n) is 8.83. The number of likely N-dealkylation sites (N-methyl/N-ethyl adjacent to an activating group) is 1. The molecular weight excluding hydrogens is 376 g/mol. The molecule has 2 aromatic heterocycles. The number of nitrogen functional groups attached to an aromatic ring is 1. The Kier molecular flexibility index (Phi) is 4.52. The molecule has 0 amide bonds. The van der Waals surface area contributed by atoms with E-state index in [1.165, 1.54) is 6.33 Å². The fourth-order valence-electron chi connectivity index (χ4n) is 4.73. The summed E-state index contributed by atoms with van der Waals surface area (Å²) in [6.07, 6.45) is 4.11. The Labute approximate surface area is 169 Å². The van der Waals surface area contributed by atoms with Gasteiger partial charge in [-0.15, -0.1) is 0 Å². The van der Waals surface area contributed by atoms with Crippen molar-refractivity contribution in [2.45, 2.75) is 63.1 Å². The van der Waals surface area contributed by atoms with Crippen molar-refractivity contribution in [3.63, 3.8) is 0 Å². The van der Waals surface area contributed by atoms with E-state index in [0.717, 1.165) is 19.4 Å². The van der Waals surface area contributed by atoms with Gasteiger partial charge in [0.05, 0.1) is 6.33 Å². The summed E-state index contributed by atoms with van der Waals surface area (Å²) < 4.78 is 20.7. The lowest BCUT2D eigenvalue weighted by Crippen LogP contribution is -2.48. The minimum absolute atomic E-state index is 0.151. The summed E-state index contributed by atoms with van der Waals surface area (Å²) >= 11 is 0. The third-order valence-electron chi connectivity index (χ3n) is 6.35. The first-order chi connectivity index (χ1) is 13.9. The molecule has 3 aliphatic rings. The third kappa shape index (κ3) is 3.19.